The predicted octanol–water partition coefficient (Wildman–Crippen LogP) is 4.78. The highest BCUT2D eigenvalue weighted by Crippen LogP contribution is 2.52. The second kappa shape index (κ2) is 19.8. The number of hydrogen-bond acceptors (Lipinski definition) is 14. The zero-order valence-electron chi connectivity index (χ0n) is 30.4. The Morgan fingerprint density at radius 1 is 0.580 bits per heavy atom. The van der Waals surface area contributed by atoms with Gasteiger partial charge in [-0.2, -0.15) is 0 Å². The van der Waals surface area contributed by atoms with Gasteiger partial charge in [0.2, 0.25) is 0 Å². The van der Waals surface area contributed by atoms with Crippen molar-refractivity contribution in [1.82, 2.24) is 0 Å². The Bertz CT molecular complexity index is 1410. The highest BCUT2D eigenvalue weighted by atomic mass is 16.6. The standard InChI is InChI=1S/C36H48O14/c1-11-47-32(37)25(33(38)48-12-2)21-26(31-29(45-9)19-23(42-6)20-30(31)46-10)36(34(39)49-13-3,35(40)50-14-4)16-15-24-27(43-7)17-22(41-5)18-28(24)44-8/h15-20,25-26H,11-14,21H2,1-10H3/b16-15+. The number of rotatable bonds is 20. The van der Waals surface area contributed by atoms with Gasteiger partial charge in [-0.3, -0.25) is 19.2 Å². The summed E-state index contributed by atoms with van der Waals surface area (Å²) < 4.78 is 55.3. The lowest BCUT2D eigenvalue weighted by Crippen LogP contribution is -2.47. The van der Waals surface area contributed by atoms with Crippen molar-refractivity contribution in [3.63, 3.8) is 0 Å². The maximum atomic E-state index is 14.5. The molecule has 2 aromatic rings. The number of hydrogen-bond donors (Lipinski definition) is 0. The smallest absolute Gasteiger partial charge is 0.328 e. The highest BCUT2D eigenvalue weighted by molar-refractivity contribution is 6.05. The molecule has 0 bridgehead atoms. The quantitative estimate of drug-likeness (QED) is 0.105. The molecule has 0 saturated carbocycles. The Hall–Kier alpha value is -5.14. The van der Waals surface area contributed by atoms with Gasteiger partial charge in [0.1, 0.15) is 34.5 Å². The van der Waals surface area contributed by atoms with E-state index in [9.17, 15) is 19.2 Å². The maximum Gasteiger partial charge on any atom is 0.328 e. The van der Waals surface area contributed by atoms with Crippen LogP contribution in [0.3, 0.4) is 0 Å². The molecular weight excluding hydrogens is 656 g/mol. The fraction of sp³-hybridized carbons (Fsp3) is 0.500. The first-order valence-electron chi connectivity index (χ1n) is 16.0. The van der Waals surface area contributed by atoms with Crippen molar-refractivity contribution in [2.75, 3.05) is 69.1 Å². The molecule has 0 aliphatic carbocycles. The number of methoxy groups -OCH3 is 6. The van der Waals surface area contributed by atoms with Crippen LogP contribution in [-0.4, -0.2) is 93.0 Å². The van der Waals surface area contributed by atoms with Gasteiger partial charge in [-0.25, -0.2) is 0 Å². The molecule has 2 rings (SSSR count). The Balaban J connectivity index is 3.27. The molecule has 0 aliphatic heterocycles. The first-order chi connectivity index (χ1) is 24.0. The number of carbonyl (C=O) groups excluding carboxylic acids is 4. The summed E-state index contributed by atoms with van der Waals surface area (Å²) in [6.45, 7) is 5.86. The molecule has 2 aromatic carbocycles. The van der Waals surface area contributed by atoms with Crippen molar-refractivity contribution in [1.29, 1.82) is 0 Å². The normalized spacial score (nSPS) is 11.7. The summed E-state index contributed by atoms with van der Waals surface area (Å²) in [5.74, 6) is -5.62. The molecule has 276 valence electrons. The third-order valence-corrected chi connectivity index (χ3v) is 7.76. The average molecular weight is 705 g/mol. The Morgan fingerprint density at radius 3 is 1.30 bits per heavy atom. The van der Waals surface area contributed by atoms with Gasteiger partial charge in [0, 0.05) is 35.7 Å². The largest absolute Gasteiger partial charge is 0.496 e. The van der Waals surface area contributed by atoms with E-state index in [1.54, 1.807) is 39.8 Å². The zero-order valence-corrected chi connectivity index (χ0v) is 30.4. The van der Waals surface area contributed by atoms with Crippen LogP contribution in [0.2, 0.25) is 0 Å². The lowest BCUT2D eigenvalue weighted by atomic mass is 9.67. The van der Waals surface area contributed by atoms with Gasteiger partial charge < -0.3 is 47.4 Å². The molecule has 0 amide bonds. The third-order valence-electron chi connectivity index (χ3n) is 7.76. The van der Waals surface area contributed by atoms with Crippen LogP contribution in [0.1, 0.15) is 51.2 Å². The van der Waals surface area contributed by atoms with Gasteiger partial charge in [-0.1, -0.05) is 6.08 Å². The molecule has 50 heavy (non-hydrogen) atoms. The predicted molar refractivity (Wildman–Crippen MR) is 181 cm³/mol. The molecule has 14 nitrogen and oxygen atoms in total. The van der Waals surface area contributed by atoms with Crippen LogP contribution >= 0.6 is 0 Å². The second-order valence-electron chi connectivity index (χ2n) is 10.4. The van der Waals surface area contributed by atoms with E-state index in [-0.39, 0.29) is 55.0 Å². The summed E-state index contributed by atoms with van der Waals surface area (Å²) in [7, 11) is 8.48. The van der Waals surface area contributed by atoms with Gasteiger partial charge in [0.15, 0.2) is 11.3 Å². The van der Waals surface area contributed by atoms with Crippen molar-refractivity contribution in [2.45, 2.75) is 40.0 Å². The minimum absolute atomic E-state index is 0.0631. The topological polar surface area (TPSA) is 161 Å². The van der Waals surface area contributed by atoms with E-state index in [1.807, 2.05) is 0 Å². The Kier molecular flexibility index (Phi) is 16.2. The summed E-state index contributed by atoms with van der Waals surface area (Å²) in [6, 6.07) is 6.19. The third kappa shape index (κ3) is 9.10. The van der Waals surface area contributed by atoms with Crippen LogP contribution < -0.4 is 28.4 Å². The van der Waals surface area contributed by atoms with Crippen molar-refractivity contribution in [3.8, 4) is 34.5 Å². The summed E-state index contributed by atoms with van der Waals surface area (Å²) in [4.78, 5) is 56.0. The number of carbonyl (C=O) groups is 4. The summed E-state index contributed by atoms with van der Waals surface area (Å²) in [6.07, 6.45) is 2.18. The van der Waals surface area contributed by atoms with Crippen molar-refractivity contribution in [2.24, 2.45) is 11.3 Å². The molecule has 0 heterocycles. The maximum absolute atomic E-state index is 14.5. The molecule has 0 radical (unpaired) electrons. The van der Waals surface area contributed by atoms with Crippen LogP contribution in [-0.2, 0) is 38.1 Å². The molecule has 0 fully saturated rings. The van der Waals surface area contributed by atoms with Crippen LogP contribution in [0.15, 0.2) is 30.3 Å². The lowest BCUT2D eigenvalue weighted by molar-refractivity contribution is -0.173. The van der Waals surface area contributed by atoms with Gasteiger partial charge >= 0.3 is 23.9 Å². The van der Waals surface area contributed by atoms with E-state index in [1.165, 1.54) is 66.9 Å². The van der Waals surface area contributed by atoms with Crippen LogP contribution in [0.5, 0.6) is 34.5 Å². The van der Waals surface area contributed by atoms with Crippen molar-refractivity contribution in [3.05, 3.63) is 41.5 Å². The lowest BCUT2D eigenvalue weighted by Gasteiger charge is -2.37. The van der Waals surface area contributed by atoms with Crippen LogP contribution in [0, 0.1) is 11.3 Å². The first kappa shape index (κ1) is 41.0. The molecular formula is C36H48O14. The van der Waals surface area contributed by atoms with E-state index in [0.717, 1.165) is 0 Å². The van der Waals surface area contributed by atoms with E-state index in [0.29, 0.717) is 17.1 Å². The minimum atomic E-state index is -2.42. The fourth-order valence-electron chi connectivity index (χ4n) is 5.45. The Labute approximate surface area is 292 Å². The molecule has 0 saturated heterocycles. The summed E-state index contributed by atoms with van der Waals surface area (Å²) in [5.41, 5.74) is -1.99. The van der Waals surface area contributed by atoms with Crippen LogP contribution in [0.4, 0.5) is 0 Å². The zero-order chi connectivity index (χ0) is 37.4. The molecule has 14 heteroatoms. The van der Waals surface area contributed by atoms with E-state index in [2.05, 4.69) is 0 Å². The fourth-order valence-corrected chi connectivity index (χ4v) is 5.45. The molecule has 1 unspecified atom stereocenters. The van der Waals surface area contributed by atoms with Gasteiger partial charge in [-0.05, 0) is 40.2 Å². The average Bonchev–Trinajstić information content (AvgIpc) is 3.12. The number of benzene rings is 2. The minimum Gasteiger partial charge on any atom is -0.496 e. The van der Waals surface area contributed by atoms with Gasteiger partial charge in [-0.15, -0.1) is 0 Å². The number of esters is 4. The van der Waals surface area contributed by atoms with E-state index in [4.69, 9.17) is 47.4 Å². The van der Waals surface area contributed by atoms with E-state index < -0.39 is 47.5 Å². The summed E-state index contributed by atoms with van der Waals surface area (Å²) in [5, 5.41) is 0. The molecule has 0 N–H and O–H groups in total. The monoisotopic (exact) mass is 704 g/mol. The molecule has 0 aromatic heterocycles. The van der Waals surface area contributed by atoms with Gasteiger partial charge in [0.05, 0.1) is 74.6 Å². The summed E-state index contributed by atoms with van der Waals surface area (Å²) >= 11 is 0. The van der Waals surface area contributed by atoms with Gasteiger partial charge in [0.25, 0.3) is 0 Å². The molecule has 0 aliphatic rings. The van der Waals surface area contributed by atoms with Crippen LogP contribution in [0.25, 0.3) is 6.08 Å². The number of ether oxygens (including phenoxy) is 10. The molecule has 0 spiro atoms. The van der Waals surface area contributed by atoms with Crippen molar-refractivity contribution >= 4 is 30.0 Å². The first-order valence-corrected chi connectivity index (χ1v) is 16.0. The highest BCUT2D eigenvalue weighted by Gasteiger charge is 2.57. The molecule has 1 atom stereocenters. The van der Waals surface area contributed by atoms with E-state index >= 15 is 0 Å². The Morgan fingerprint density at radius 2 is 0.960 bits per heavy atom. The SMILES string of the molecule is CCOC(=O)C(CC(c1c(OC)cc(OC)cc1OC)C(/C=C/c1c(OC)cc(OC)cc1OC)(C(=O)OCC)C(=O)OCC)C(=O)OCC. The second-order valence-corrected chi connectivity index (χ2v) is 10.4. The van der Waals surface area contributed by atoms with Crippen molar-refractivity contribution < 1.29 is 66.5 Å².